The molecule has 3 nitrogen and oxygen atoms in total. The van der Waals surface area contributed by atoms with Gasteiger partial charge in [0.1, 0.15) is 0 Å². The van der Waals surface area contributed by atoms with Gasteiger partial charge >= 0.3 is 0 Å². The molecule has 0 saturated heterocycles. The highest BCUT2D eigenvalue weighted by molar-refractivity contribution is 5.81. The van der Waals surface area contributed by atoms with Gasteiger partial charge in [0, 0.05) is 6.04 Å². The van der Waals surface area contributed by atoms with Gasteiger partial charge < -0.3 is 11.1 Å². The Labute approximate surface area is 116 Å². The number of amides is 1. The summed E-state index contributed by atoms with van der Waals surface area (Å²) in [6, 6.07) is 0.144. The molecule has 0 radical (unpaired) electrons. The number of nitrogens with one attached hydrogen (secondary N) is 1. The molecule has 108 valence electrons. The molecule has 0 spiro atoms. The van der Waals surface area contributed by atoms with Crippen LogP contribution in [-0.4, -0.2) is 18.0 Å². The van der Waals surface area contributed by atoms with Gasteiger partial charge in [0.15, 0.2) is 0 Å². The van der Waals surface area contributed by atoms with Crippen molar-refractivity contribution in [2.45, 2.75) is 70.4 Å². The first-order valence-electron chi connectivity index (χ1n) is 8.23. The van der Waals surface area contributed by atoms with Gasteiger partial charge in [-0.3, -0.25) is 4.79 Å². The normalized spacial score (nSPS) is 41.3. The van der Waals surface area contributed by atoms with Crippen molar-refractivity contribution < 1.29 is 4.79 Å². The fraction of sp³-hybridized carbons (Fsp3) is 0.938. The van der Waals surface area contributed by atoms with Gasteiger partial charge in [-0.15, -0.1) is 0 Å². The highest BCUT2D eigenvalue weighted by Gasteiger charge is 2.48. The average molecular weight is 264 g/mol. The molecule has 4 aliphatic rings. The zero-order valence-corrected chi connectivity index (χ0v) is 12.1. The van der Waals surface area contributed by atoms with E-state index in [1.54, 1.807) is 0 Å². The van der Waals surface area contributed by atoms with E-state index in [2.05, 4.69) is 12.2 Å². The summed E-state index contributed by atoms with van der Waals surface area (Å²) >= 11 is 0. The Bertz CT molecular complexity index is 314. The Morgan fingerprint density at radius 2 is 1.74 bits per heavy atom. The highest BCUT2D eigenvalue weighted by Crippen LogP contribution is 2.53. The summed E-state index contributed by atoms with van der Waals surface area (Å²) < 4.78 is 0. The third-order valence-corrected chi connectivity index (χ3v) is 5.74. The maximum atomic E-state index is 12.2. The van der Waals surface area contributed by atoms with Crippen LogP contribution in [0.4, 0.5) is 0 Å². The number of hydrogen-bond acceptors (Lipinski definition) is 2. The first-order chi connectivity index (χ1) is 9.17. The topological polar surface area (TPSA) is 55.1 Å². The Hall–Kier alpha value is -0.570. The Morgan fingerprint density at radius 3 is 2.26 bits per heavy atom. The van der Waals surface area contributed by atoms with Gasteiger partial charge in [-0.2, -0.15) is 0 Å². The van der Waals surface area contributed by atoms with Crippen LogP contribution in [0.5, 0.6) is 0 Å². The van der Waals surface area contributed by atoms with Crippen molar-refractivity contribution in [3.63, 3.8) is 0 Å². The molecule has 1 unspecified atom stereocenters. The maximum Gasteiger partial charge on any atom is 0.237 e. The summed E-state index contributed by atoms with van der Waals surface area (Å²) in [5.74, 6) is 3.52. The van der Waals surface area contributed by atoms with E-state index in [9.17, 15) is 4.79 Å². The molecule has 4 rings (SSSR count). The van der Waals surface area contributed by atoms with Crippen molar-refractivity contribution in [1.82, 2.24) is 5.32 Å². The number of carbonyl (C=O) groups excluding carboxylic acids is 1. The van der Waals surface area contributed by atoms with Gasteiger partial charge in [-0.1, -0.05) is 19.8 Å². The van der Waals surface area contributed by atoms with Crippen LogP contribution in [0, 0.1) is 23.7 Å². The van der Waals surface area contributed by atoms with Crippen molar-refractivity contribution >= 4 is 5.91 Å². The first kappa shape index (κ1) is 13.4. The van der Waals surface area contributed by atoms with Crippen LogP contribution in [0.25, 0.3) is 0 Å². The van der Waals surface area contributed by atoms with Crippen molar-refractivity contribution in [3.05, 3.63) is 0 Å². The summed E-state index contributed by atoms with van der Waals surface area (Å²) in [6.07, 6.45) is 9.85. The van der Waals surface area contributed by atoms with Gasteiger partial charge in [0.25, 0.3) is 0 Å². The monoisotopic (exact) mass is 264 g/mol. The molecule has 4 saturated carbocycles. The second-order valence-electron chi connectivity index (χ2n) is 7.21. The van der Waals surface area contributed by atoms with Crippen LogP contribution in [-0.2, 0) is 4.79 Å². The summed E-state index contributed by atoms with van der Waals surface area (Å²) in [6.45, 7) is 2.14. The third kappa shape index (κ3) is 2.67. The number of unbranched alkanes of at least 4 members (excludes halogenated alkanes) is 1. The molecule has 0 aromatic rings. The van der Waals surface area contributed by atoms with E-state index in [4.69, 9.17) is 5.73 Å². The lowest BCUT2D eigenvalue weighted by molar-refractivity contribution is -0.126. The Morgan fingerprint density at radius 1 is 1.16 bits per heavy atom. The third-order valence-electron chi connectivity index (χ3n) is 5.74. The molecular weight excluding hydrogens is 236 g/mol. The molecule has 4 bridgehead atoms. The van der Waals surface area contributed by atoms with E-state index in [1.165, 1.54) is 32.1 Å². The highest BCUT2D eigenvalue weighted by atomic mass is 16.2. The molecular formula is C16H28N2O. The molecule has 0 aromatic carbocycles. The second-order valence-corrected chi connectivity index (χ2v) is 7.21. The van der Waals surface area contributed by atoms with Gasteiger partial charge in [-0.05, 0) is 62.2 Å². The quantitative estimate of drug-likeness (QED) is 0.801. The van der Waals surface area contributed by atoms with Crippen molar-refractivity contribution in [2.75, 3.05) is 0 Å². The van der Waals surface area contributed by atoms with E-state index in [-0.39, 0.29) is 11.9 Å². The second kappa shape index (κ2) is 5.43. The van der Waals surface area contributed by atoms with Gasteiger partial charge in [-0.25, -0.2) is 0 Å². The SMILES string of the molecule is CCCCC(N)C(=O)NC1C2CC3CC(C2)CC1C3. The van der Waals surface area contributed by atoms with E-state index in [1.807, 2.05) is 0 Å². The molecule has 4 aliphatic carbocycles. The minimum absolute atomic E-state index is 0.103. The predicted octanol–water partition coefficient (Wildman–Crippen LogP) is 2.44. The summed E-state index contributed by atoms with van der Waals surface area (Å²) in [5.41, 5.74) is 5.99. The zero-order chi connectivity index (χ0) is 13.4. The molecule has 0 aliphatic heterocycles. The Kier molecular flexibility index (Phi) is 3.84. The van der Waals surface area contributed by atoms with Crippen LogP contribution >= 0.6 is 0 Å². The summed E-state index contributed by atoms with van der Waals surface area (Å²) in [5, 5.41) is 3.31. The molecule has 4 fully saturated rings. The van der Waals surface area contributed by atoms with E-state index < -0.39 is 0 Å². The number of nitrogens with two attached hydrogens (primary N) is 1. The van der Waals surface area contributed by atoms with Crippen LogP contribution < -0.4 is 11.1 Å². The van der Waals surface area contributed by atoms with Crippen LogP contribution in [0.1, 0.15) is 58.3 Å². The lowest BCUT2D eigenvalue weighted by Gasteiger charge is -2.54. The van der Waals surface area contributed by atoms with Crippen LogP contribution in [0.3, 0.4) is 0 Å². The Balaban J connectivity index is 1.56. The maximum absolute atomic E-state index is 12.2. The van der Waals surface area contributed by atoms with Gasteiger partial charge in [0.05, 0.1) is 6.04 Å². The van der Waals surface area contributed by atoms with Crippen molar-refractivity contribution in [3.8, 4) is 0 Å². The number of rotatable bonds is 5. The number of hydrogen-bond donors (Lipinski definition) is 2. The van der Waals surface area contributed by atoms with Gasteiger partial charge in [0.2, 0.25) is 5.91 Å². The smallest absolute Gasteiger partial charge is 0.237 e. The molecule has 3 heteroatoms. The molecule has 0 aromatic heterocycles. The lowest BCUT2D eigenvalue weighted by atomic mass is 9.54. The van der Waals surface area contributed by atoms with Crippen molar-refractivity contribution in [2.24, 2.45) is 29.4 Å². The molecule has 1 amide bonds. The minimum atomic E-state index is -0.294. The van der Waals surface area contributed by atoms with Crippen LogP contribution in [0.15, 0.2) is 0 Å². The minimum Gasteiger partial charge on any atom is -0.351 e. The molecule has 1 atom stereocenters. The summed E-state index contributed by atoms with van der Waals surface area (Å²) in [4.78, 5) is 12.2. The zero-order valence-electron chi connectivity index (χ0n) is 12.1. The van der Waals surface area contributed by atoms with Crippen molar-refractivity contribution in [1.29, 1.82) is 0 Å². The first-order valence-corrected chi connectivity index (χ1v) is 8.23. The predicted molar refractivity (Wildman–Crippen MR) is 76.5 cm³/mol. The molecule has 3 N–H and O–H groups in total. The largest absolute Gasteiger partial charge is 0.351 e. The van der Waals surface area contributed by atoms with E-state index >= 15 is 0 Å². The fourth-order valence-electron chi connectivity index (χ4n) is 4.99. The molecule has 19 heavy (non-hydrogen) atoms. The standard InChI is InChI=1S/C16H28N2O/c1-2-3-4-14(17)16(19)18-15-12-6-10-5-11(8-12)9-13(15)7-10/h10-15H,2-9,17H2,1H3,(H,18,19). The summed E-state index contributed by atoms with van der Waals surface area (Å²) in [7, 11) is 0. The van der Waals surface area contributed by atoms with E-state index in [0.717, 1.165) is 42.9 Å². The average Bonchev–Trinajstić information content (AvgIpc) is 2.39. The van der Waals surface area contributed by atoms with Crippen LogP contribution in [0.2, 0.25) is 0 Å². The fourth-order valence-corrected chi connectivity index (χ4v) is 4.99. The van der Waals surface area contributed by atoms with E-state index in [0.29, 0.717) is 6.04 Å². The molecule has 0 heterocycles. The number of carbonyl (C=O) groups is 1. The lowest BCUT2D eigenvalue weighted by Crippen LogP contribution is -2.58.